The molecule has 1 heterocycles. The number of anilines is 1. The number of pyridine rings is 1. The van der Waals surface area contributed by atoms with Gasteiger partial charge in [-0.05, 0) is 30.9 Å². The summed E-state index contributed by atoms with van der Waals surface area (Å²) in [4.78, 5) is 6.77. The van der Waals surface area contributed by atoms with E-state index in [9.17, 15) is 0 Å². The Labute approximate surface area is 110 Å². The van der Waals surface area contributed by atoms with E-state index in [1.807, 2.05) is 6.20 Å². The van der Waals surface area contributed by atoms with Crippen LogP contribution in [0.25, 0.3) is 0 Å². The second-order valence-corrected chi connectivity index (χ2v) is 6.01. The van der Waals surface area contributed by atoms with Crippen LogP contribution in [0.2, 0.25) is 0 Å². The third-order valence-electron chi connectivity index (χ3n) is 2.86. The smallest absolute Gasteiger partial charge is 0.128 e. The number of rotatable bonds is 4. The van der Waals surface area contributed by atoms with E-state index in [0.29, 0.717) is 11.9 Å². The summed E-state index contributed by atoms with van der Waals surface area (Å²) in [5, 5.41) is 0. The van der Waals surface area contributed by atoms with Crippen LogP contribution >= 0.6 is 11.6 Å². The first-order valence-corrected chi connectivity index (χ1v) is 6.69. The molecule has 0 aliphatic heterocycles. The molecule has 96 valence electrons. The van der Waals surface area contributed by atoms with E-state index in [1.54, 1.807) is 0 Å². The summed E-state index contributed by atoms with van der Waals surface area (Å²) in [6.07, 6.45) is 1.97. The Morgan fingerprint density at radius 3 is 2.29 bits per heavy atom. The molecule has 0 spiro atoms. The van der Waals surface area contributed by atoms with Crippen LogP contribution in [0.3, 0.4) is 0 Å². The summed E-state index contributed by atoms with van der Waals surface area (Å²) in [5.41, 5.74) is 1.41. The minimum Gasteiger partial charge on any atom is -0.353 e. The van der Waals surface area contributed by atoms with Crippen LogP contribution in [0.15, 0.2) is 18.3 Å². The monoisotopic (exact) mass is 254 g/mol. The van der Waals surface area contributed by atoms with Crippen LogP contribution in [0, 0.1) is 0 Å². The summed E-state index contributed by atoms with van der Waals surface area (Å²) < 4.78 is 0. The Bertz CT molecular complexity index is 338. The normalized spacial score (nSPS) is 11.9. The summed E-state index contributed by atoms with van der Waals surface area (Å²) >= 11 is 5.82. The average Bonchev–Trinajstić information content (AvgIpc) is 2.24. The highest BCUT2D eigenvalue weighted by Crippen LogP contribution is 2.23. The molecule has 0 aromatic carbocycles. The fraction of sp³-hybridized carbons (Fsp3) is 0.643. The predicted octanol–water partition coefficient (Wildman–Crippen LogP) is 3.83. The SMILES string of the molecule is CC(C)N(CCCl)c1ccc(C(C)(C)C)cn1. The van der Waals surface area contributed by atoms with Gasteiger partial charge in [-0.15, -0.1) is 11.6 Å². The molecule has 0 radical (unpaired) electrons. The van der Waals surface area contributed by atoms with Gasteiger partial charge in [-0.1, -0.05) is 26.8 Å². The fourth-order valence-electron chi connectivity index (χ4n) is 1.73. The van der Waals surface area contributed by atoms with Gasteiger partial charge in [0.2, 0.25) is 0 Å². The molecule has 0 aliphatic rings. The third-order valence-corrected chi connectivity index (χ3v) is 3.03. The zero-order valence-corrected chi connectivity index (χ0v) is 12.3. The first kappa shape index (κ1) is 14.3. The molecule has 1 rings (SSSR count). The Morgan fingerprint density at radius 2 is 1.94 bits per heavy atom. The fourth-order valence-corrected chi connectivity index (χ4v) is 1.91. The van der Waals surface area contributed by atoms with E-state index in [2.05, 4.69) is 56.6 Å². The predicted molar refractivity (Wildman–Crippen MR) is 76.1 cm³/mol. The first-order valence-electron chi connectivity index (χ1n) is 6.15. The molecule has 1 aromatic heterocycles. The van der Waals surface area contributed by atoms with Crippen molar-refractivity contribution in [3.05, 3.63) is 23.9 Å². The molecule has 3 heteroatoms. The Hall–Kier alpha value is -0.760. The molecule has 0 N–H and O–H groups in total. The number of alkyl halides is 1. The molecule has 0 saturated carbocycles. The van der Waals surface area contributed by atoms with Crippen molar-refractivity contribution >= 4 is 17.4 Å². The lowest BCUT2D eigenvalue weighted by Crippen LogP contribution is -2.33. The maximum atomic E-state index is 5.82. The van der Waals surface area contributed by atoms with E-state index in [1.165, 1.54) is 5.56 Å². The molecule has 0 amide bonds. The Balaban J connectivity index is 2.92. The van der Waals surface area contributed by atoms with Gasteiger partial charge in [0.05, 0.1) is 0 Å². The van der Waals surface area contributed by atoms with Gasteiger partial charge in [0.1, 0.15) is 5.82 Å². The van der Waals surface area contributed by atoms with Gasteiger partial charge in [0, 0.05) is 24.7 Å². The van der Waals surface area contributed by atoms with Gasteiger partial charge >= 0.3 is 0 Å². The van der Waals surface area contributed by atoms with Crippen LogP contribution in [-0.2, 0) is 5.41 Å². The lowest BCUT2D eigenvalue weighted by molar-refractivity contribution is 0.586. The minimum atomic E-state index is 0.153. The maximum Gasteiger partial charge on any atom is 0.128 e. The largest absolute Gasteiger partial charge is 0.353 e. The zero-order valence-electron chi connectivity index (χ0n) is 11.5. The number of hydrogen-bond donors (Lipinski definition) is 0. The molecule has 0 fully saturated rings. The number of hydrogen-bond acceptors (Lipinski definition) is 2. The lowest BCUT2D eigenvalue weighted by atomic mass is 9.88. The van der Waals surface area contributed by atoms with E-state index in [4.69, 9.17) is 11.6 Å². The molecule has 0 bridgehead atoms. The highest BCUT2D eigenvalue weighted by atomic mass is 35.5. The number of aromatic nitrogens is 1. The van der Waals surface area contributed by atoms with Gasteiger partial charge in [-0.3, -0.25) is 0 Å². The highest BCUT2D eigenvalue weighted by Gasteiger charge is 2.16. The Kier molecular flexibility index (Phi) is 4.81. The van der Waals surface area contributed by atoms with E-state index in [0.717, 1.165) is 12.4 Å². The molecule has 1 aromatic rings. The molecule has 0 unspecified atom stereocenters. The van der Waals surface area contributed by atoms with Gasteiger partial charge in [-0.25, -0.2) is 4.98 Å². The topological polar surface area (TPSA) is 16.1 Å². The number of nitrogens with zero attached hydrogens (tertiary/aromatic N) is 2. The van der Waals surface area contributed by atoms with E-state index >= 15 is 0 Å². The van der Waals surface area contributed by atoms with Crippen molar-refractivity contribution in [1.29, 1.82) is 0 Å². The van der Waals surface area contributed by atoms with Crippen LogP contribution in [0.4, 0.5) is 5.82 Å². The second-order valence-electron chi connectivity index (χ2n) is 5.63. The van der Waals surface area contributed by atoms with E-state index in [-0.39, 0.29) is 5.41 Å². The summed E-state index contributed by atoms with van der Waals surface area (Å²) in [7, 11) is 0. The average molecular weight is 255 g/mol. The molecule has 2 nitrogen and oxygen atoms in total. The standard InChI is InChI=1S/C14H23ClN2/c1-11(2)17(9-8-15)13-7-6-12(10-16-13)14(3,4)5/h6-7,10-11H,8-9H2,1-5H3. The third kappa shape index (κ3) is 3.88. The highest BCUT2D eigenvalue weighted by molar-refractivity contribution is 6.18. The molecule has 17 heavy (non-hydrogen) atoms. The van der Waals surface area contributed by atoms with Crippen molar-refractivity contribution in [2.75, 3.05) is 17.3 Å². The molecule has 0 atom stereocenters. The summed E-state index contributed by atoms with van der Waals surface area (Å²) in [6.45, 7) is 11.7. The number of halogens is 1. The zero-order chi connectivity index (χ0) is 13.1. The molecular weight excluding hydrogens is 232 g/mol. The van der Waals surface area contributed by atoms with Crippen LogP contribution in [0.1, 0.15) is 40.2 Å². The van der Waals surface area contributed by atoms with Gasteiger partial charge < -0.3 is 4.90 Å². The first-order chi connectivity index (χ1) is 7.86. The van der Waals surface area contributed by atoms with Crippen LogP contribution in [0.5, 0.6) is 0 Å². The van der Waals surface area contributed by atoms with Gasteiger partial charge in [0.25, 0.3) is 0 Å². The molecular formula is C14H23ClN2. The Morgan fingerprint density at radius 1 is 1.29 bits per heavy atom. The van der Waals surface area contributed by atoms with E-state index < -0.39 is 0 Å². The van der Waals surface area contributed by atoms with Crippen molar-refractivity contribution in [2.45, 2.75) is 46.1 Å². The van der Waals surface area contributed by atoms with Crippen molar-refractivity contribution in [2.24, 2.45) is 0 Å². The van der Waals surface area contributed by atoms with Crippen LogP contribution in [-0.4, -0.2) is 23.5 Å². The van der Waals surface area contributed by atoms with Gasteiger partial charge in [-0.2, -0.15) is 0 Å². The maximum absolute atomic E-state index is 5.82. The minimum absolute atomic E-state index is 0.153. The van der Waals surface area contributed by atoms with Crippen molar-refractivity contribution in [1.82, 2.24) is 4.98 Å². The summed E-state index contributed by atoms with van der Waals surface area (Å²) in [5.74, 6) is 1.63. The van der Waals surface area contributed by atoms with Crippen molar-refractivity contribution < 1.29 is 0 Å². The second kappa shape index (κ2) is 5.72. The lowest BCUT2D eigenvalue weighted by Gasteiger charge is -2.28. The summed E-state index contributed by atoms with van der Waals surface area (Å²) in [6, 6.07) is 4.67. The van der Waals surface area contributed by atoms with Crippen molar-refractivity contribution in [3.63, 3.8) is 0 Å². The molecule has 0 saturated heterocycles. The van der Waals surface area contributed by atoms with Crippen LogP contribution < -0.4 is 4.90 Å². The van der Waals surface area contributed by atoms with Crippen molar-refractivity contribution in [3.8, 4) is 0 Å². The quantitative estimate of drug-likeness (QED) is 0.759. The van der Waals surface area contributed by atoms with Gasteiger partial charge in [0.15, 0.2) is 0 Å². The molecule has 0 aliphatic carbocycles.